The van der Waals surface area contributed by atoms with Crippen LogP contribution in [0.5, 0.6) is 0 Å². The number of piperidine rings is 1. The Morgan fingerprint density at radius 2 is 1.70 bits per heavy atom. The van der Waals surface area contributed by atoms with Crippen molar-refractivity contribution in [1.82, 2.24) is 9.21 Å². The van der Waals surface area contributed by atoms with E-state index in [0.717, 1.165) is 30.5 Å². The maximum atomic E-state index is 14.4. The second kappa shape index (κ2) is 9.61. The molecule has 2 aromatic carbocycles. The van der Waals surface area contributed by atoms with Crippen molar-refractivity contribution in [3.8, 4) is 0 Å². The van der Waals surface area contributed by atoms with E-state index < -0.39 is 32.8 Å². The fourth-order valence-electron chi connectivity index (χ4n) is 4.29. The molecule has 2 aliphatic rings. The number of halogens is 1. The minimum atomic E-state index is -4.06. The highest BCUT2D eigenvalue weighted by molar-refractivity contribution is 7.89. The van der Waals surface area contributed by atoms with Crippen LogP contribution in [0.4, 0.5) is 4.39 Å². The molecule has 2 aliphatic heterocycles. The van der Waals surface area contributed by atoms with E-state index in [1.54, 1.807) is 4.90 Å². The normalized spacial score (nSPS) is 17.8. The van der Waals surface area contributed by atoms with Crippen molar-refractivity contribution in [1.29, 1.82) is 0 Å². The third-order valence-corrected chi connectivity index (χ3v) is 8.09. The Bertz CT molecular complexity index is 1160. The Hall–Kier alpha value is -2.78. The molecule has 0 saturated carbocycles. The summed E-state index contributed by atoms with van der Waals surface area (Å²) in [5.41, 5.74) is 2.14. The number of esters is 1. The van der Waals surface area contributed by atoms with E-state index in [1.165, 1.54) is 22.9 Å². The molecule has 2 aromatic rings. The van der Waals surface area contributed by atoms with Crippen molar-refractivity contribution < 1.29 is 27.1 Å². The summed E-state index contributed by atoms with van der Waals surface area (Å²) in [6.45, 7) is 3.08. The van der Waals surface area contributed by atoms with Gasteiger partial charge >= 0.3 is 5.97 Å². The number of benzene rings is 2. The summed E-state index contributed by atoms with van der Waals surface area (Å²) in [4.78, 5) is 26.6. The molecule has 0 spiro atoms. The smallest absolute Gasteiger partial charge is 0.338 e. The number of hydrogen-bond acceptors (Lipinski definition) is 5. The molecule has 0 aliphatic carbocycles. The average Bonchev–Trinajstić information content (AvgIpc) is 2.83. The first-order valence-electron chi connectivity index (χ1n) is 11.1. The van der Waals surface area contributed by atoms with Gasteiger partial charge < -0.3 is 9.64 Å². The third kappa shape index (κ3) is 4.94. The number of ether oxygens (including phenoxy) is 1. The first-order chi connectivity index (χ1) is 15.8. The number of carbonyl (C=O) groups is 2. The topological polar surface area (TPSA) is 84.0 Å². The van der Waals surface area contributed by atoms with E-state index in [1.807, 2.05) is 24.3 Å². The van der Waals surface area contributed by atoms with Crippen LogP contribution in [0.15, 0.2) is 47.4 Å². The second-order valence-electron chi connectivity index (χ2n) is 8.44. The van der Waals surface area contributed by atoms with Crippen LogP contribution < -0.4 is 0 Å². The van der Waals surface area contributed by atoms with Gasteiger partial charge in [0.2, 0.25) is 10.0 Å². The molecule has 1 atom stereocenters. The van der Waals surface area contributed by atoms with Gasteiger partial charge in [0.1, 0.15) is 10.7 Å². The maximum Gasteiger partial charge on any atom is 0.338 e. The minimum absolute atomic E-state index is 0.115. The van der Waals surface area contributed by atoms with Gasteiger partial charge in [-0.1, -0.05) is 30.7 Å². The molecule has 176 valence electrons. The molecule has 1 unspecified atom stereocenters. The van der Waals surface area contributed by atoms with Crippen molar-refractivity contribution in [3.63, 3.8) is 0 Å². The van der Waals surface area contributed by atoms with Crippen LogP contribution in [0.2, 0.25) is 0 Å². The zero-order valence-corrected chi connectivity index (χ0v) is 19.3. The summed E-state index contributed by atoms with van der Waals surface area (Å²) in [6.07, 6.45) is 2.01. The van der Waals surface area contributed by atoms with Gasteiger partial charge in [-0.15, -0.1) is 0 Å². The van der Waals surface area contributed by atoms with Crippen LogP contribution in [-0.4, -0.2) is 55.2 Å². The van der Waals surface area contributed by atoms with Gasteiger partial charge in [-0.05, 0) is 55.5 Å². The van der Waals surface area contributed by atoms with Gasteiger partial charge in [-0.25, -0.2) is 17.6 Å². The summed E-state index contributed by atoms with van der Waals surface area (Å²) < 4.78 is 46.8. The summed E-state index contributed by atoms with van der Waals surface area (Å²) in [5.74, 6) is -2.13. The molecule has 33 heavy (non-hydrogen) atoms. The maximum absolute atomic E-state index is 14.4. The molecule has 9 heteroatoms. The van der Waals surface area contributed by atoms with Gasteiger partial charge in [0, 0.05) is 26.2 Å². The molecule has 1 saturated heterocycles. The molecular weight excluding hydrogens is 447 g/mol. The summed E-state index contributed by atoms with van der Waals surface area (Å²) in [5, 5.41) is 0. The Balaban J connectivity index is 1.46. The van der Waals surface area contributed by atoms with E-state index in [0.29, 0.717) is 39.0 Å². The van der Waals surface area contributed by atoms with Gasteiger partial charge in [0.15, 0.2) is 6.10 Å². The third-order valence-electron chi connectivity index (χ3n) is 6.17. The lowest BCUT2D eigenvalue weighted by atomic mass is 9.99. The predicted octanol–water partition coefficient (Wildman–Crippen LogP) is 3.13. The number of hydrogen-bond donors (Lipinski definition) is 0. The van der Waals surface area contributed by atoms with E-state index in [4.69, 9.17) is 4.74 Å². The number of carbonyl (C=O) groups excluding carboxylic acids is 2. The highest BCUT2D eigenvalue weighted by Gasteiger charge is 2.31. The lowest BCUT2D eigenvalue weighted by molar-refractivity contribution is -0.140. The molecule has 0 N–H and O–H groups in total. The van der Waals surface area contributed by atoms with E-state index in [-0.39, 0.29) is 11.5 Å². The van der Waals surface area contributed by atoms with Gasteiger partial charge in [0.05, 0.1) is 5.56 Å². The highest BCUT2D eigenvalue weighted by atomic mass is 32.2. The number of fused-ring (bicyclic) bond motifs is 1. The zero-order chi connectivity index (χ0) is 23.6. The molecular formula is C24H27FN2O5S. The molecule has 2 heterocycles. The Labute approximate surface area is 193 Å². The predicted molar refractivity (Wildman–Crippen MR) is 119 cm³/mol. The molecule has 7 nitrogen and oxygen atoms in total. The standard InChI is InChI=1S/C24H27FN2O5S/c1-17(23(28)26-14-11-18-7-3-4-8-20(18)16-26)32-24(29)19-9-10-21(25)22(15-19)33(30,31)27-12-5-2-6-13-27/h3-4,7-10,15,17H,2,5-6,11-14,16H2,1H3. The van der Waals surface area contributed by atoms with Crippen LogP contribution in [-0.2, 0) is 32.5 Å². The number of rotatable bonds is 5. The second-order valence-corrected chi connectivity index (χ2v) is 10.3. The molecule has 4 rings (SSSR count). The molecule has 1 amide bonds. The molecule has 0 bridgehead atoms. The fraction of sp³-hybridized carbons (Fsp3) is 0.417. The van der Waals surface area contributed by atoms with E-state index >= 15 is 0 Å². The SMILES string of the molecule is CC(OC(=O)c1ccc(F)c(S(=O)(=O)N2CCCCC2)c1)C(=O)N1CCc2ccccc2C1. The van der Waals surface area contributed by atoms with Crippen molar-refractivity contribution >= 4 is 21.9 Å². The number of sulfonamides is 1. The number of nitrogens with zero attached hydrogens (tertiary/aromatic N) is 2. The summed E-state index contributed by atoms with van der Waals surface area (Å²) in [7, 11) is -4.06. The first kappa shape index (κ1) is 23.4. The van der Waals surface area contributed by atoms with Crippen LogP contribution >= 0.6 is 0 Å². The van der Waals surface area contributed by atoms with Crippen LogP contribution in [0, 0.1) is 5.82 Å². The van der Waals surface area contributed by atoms with Gasteiger partial charge in [-0.2, -0.15) is 4.31 Å². The zero-order valence-electron chi connectivity index (χ0n) is 18.5. The monoisotopic (exact) mass is 474 g/mol. The molecule has 0 radical (unpaired) electrons. The van der Waals surface area contributed by atoms with Crippen molar-refractivity contribution in [2.45, 2.75) is 50.2 Å². The highest BCUT2D eigenvalue weighted by Crippen LogP contribution is 2.25. The summed E-state index contributed by atoms with van der Waals surface area (Å²) in [6, 6.07) is 11.0. The minimum Gasteiger partial charge on any atom is -0.449 e. The van der Waals surface area contributed by atoms with Gasteiger partial charge in [0.25, 0.3) is 5.91 Å². The Kier molecular flexibility index (Phi) is 6.81. The first-order valence-corrected chi connectivity index (χ1v) is 12.6. The Morgan fingerprint density at radius 3 is 2.42 bits per heavy atom. The van der Waals surface area contributed by atoms with Gasteiger partial charge in [-0.3, -0.25) is 4.79 Å². The lowest BCUT2D eigenvalue weighted by Crippen LogP contribution is -2.42. The van der Waals surface area contributed by atoms with Crippen molar-refractivity contribution in [3.05, 3.63) is 65.0 Å². The average molecular weight is 475 g/mol. The van der Waals surface area contributed by atoms with E-state index in [2.05, 4.69) is 0 Å². The molecule has 0 aromatic heterocycles. The van der Waals surface area contributed by atoms with Crippen LogP contribution in [0.25, 0.3) is 0 Å². The van der Waals surface area contributed by atoms with Crippen molar-refractivity contribution in [2.24, 2.45) is 0 Å². The fourth-order valence-corrected chi connectivity index (χ4v) is 5.90. The number of amides is 1. The van der Waals surface area contributed by atoms with E-state index in [9.17, 15) is 22.4 Å². The summed E-state index contributed by atoms with van der Waals surface area (Å²) >= 11 is 0. The Morgan fingerprint density at radius 1 is 1.00 bits per heavy atom. The largest absolute Gasteiger partial charge is 0.449 e. The molecule has 1 fully saturated rings. The van der Waals surface area contributed by atoms with Crippen molar-refractivity contribution in [2.75, 3.05) is 19.6 Å². The van der Waals surface area contributed by atoms with Crippen LogP contribution in [0.1, 0.15) is 47.7 Å². The van der Waals surface area contributed by atoms with Crippen LogP contribution in [0.3, 0.4) is 0 Å². The quantitative estimate of drug-likeness (QED) is 0.622. The lowest BCUT2D eigenvalue weighted by Gasteiger charge is -2.30.